The zero-order valence-corrected chi connectivity index (χ0v) is 19.9. The Hall–Kier alpha value is -3.54. The van der Waals surface area contributed by atoms with Gasteiger partial charge in [0.1, 0.15) is 35.4 Å². The molecule has 34 heavy (non-hydrogen) atoms. The van der Waals surface area contributed by atoms with Gasteiger partial charge in [-0.2, -0.15) is 5.26 Å². The van der Waals surface area contributed by atoms with E-state index in [2.05, 4.69) is 30.5 Å². The van der Waals surface area contributed by atoms with E-state index < -0.39 is 24.8 Å². The molecule has 0 spiro atoms. The molecule has 0 aliphatic carbocycles. The molecule has 0 bridgehead atoms. The van der Waals surface area contributed by atoms with Gasteiger partial charge in [0, 0.05) is 29.6 Å². The smallest absolute Gasteiger partial charge is 0.188 e. The van der Waals surface area contributed by atoms with Gasteiger partial charge in [0.05, 0.1) is 17.7 Å². The molecule has 4 aromatic rings. The fraction of sp³-hybridized carbons (Fsp3) is 0.182. The van der Waals surface area contributed by atoms with Crippen molar-refractivity contribution in [3.05, 3.63) is 64.6 Å². The highest BCUT2D eigenvalue weighted by Gasteiger charge is 2.21. The molecule has 172 valence electrons. The lowest BCUT2D eigenvalue weighted by atomic mass is 10.0. The Kier molecular flexibility index (Phi) is 6.26. The number of rotatable bonds is 5. The monoisotopic (exact) mass is 499 g/mol. The summed E-state index contributed by atoms with van der Waals surface area (Å²) >= 11 is 6.27. The highest BCUT2D eigenvalue weighted by Crippen LogP contribution is 2.35. The van der Waals surface area contributed by atoms with Crippen LogP contribution in [0.15, 0.2) is 36.7 Å². The highest BCUT2D eigenvalue weighted by atomic mass is 35.5. The van der Waals surface area contributed by atoms with Gasteiger partial charge in [-0.15, -0.1) is 10.2 Å². The van der Waals surface area contributed by atoms with Gasteiger partial charge >= 0.3 is 0 Å². The van der Waals surface area contributed by atoms with Crippen LogP contribution in [0, 0.1) is 23.0 Å². The zero-order chi connectivity index (χ0) is 24.6. The number of aromatic nitrogens is 5. The van der Waals surface area contributed by atoms with Gasteiger partial charge in [-0.1, -0.05) is 11.6 Å². The van der Waals surface area contributed by atoms with Crippen LogP contribution in [-0.2, 0) is 4.57 Å². The van der Waals surface area contributed by atoms with Gasteiger partial charge in [0.15, 0.2) is 16.5 Å². The predicted octanol–water partition coefficient (Wildman–Crippen LogP) is 4.71. The SMILES string of the molecule is C[C@@H](Nc1c(Cl)nnc2cc(F)c(-c3cnc(P(C)(C)=O)nc3)nc12)c1cc(C#N)ccc1F. The number of anilines is 1. The van der Waals surface area contributed by atoms with Gasteiger partial charge in [-0.25, -0.2) is 23.7 Å². The quantitative estimate of drug-likeness (QED) is 0.392. The molecule has 0 unspecified atom stereocenters. The highest BCUT2D eigenvalue weighted by molar-refractivity contribution is 7.69. The minimum Gasteiger partial charge on any atom is -0.374 e. The Labute approximate surface area is 198 Å². The lowest BCUT2D eigenvalue weighted by Crippen LogP contribution is -2.13. The Balaban J connectivity index is 1.80. The predicted molar refractivity (Wildman–Crippen MR) is 126 cm³/mol. The van der Waals surface area contributed by atoms with E-state index in [0.717, 1.165) is 6.07 Å². The molecular weight excluding hydrogens is 483 g/mol. The Morgan fingerprint density at radius 2 is 1.82 bits per heavy atom. The molecule has 3 heterocycles. The van der Waals surface area contributed by atoms with E-state index in [0.29, 0.717) is 5.56 Å². The van der Waals surface area contributed by atoms with Crippen LogP contribution in [0.25, 0.3) is 22.3 Å². The van der Waals surface area contributed by atoms with Crippen LogP contribution in [0.5, 0.6) is 0 Å². The standard InChI is InChI=1S/C22H17ClF2N7OP/c1-11(14-6-12(8-26)4-5-15(14)24)29-20-19-17(31-32-21(20)23)7-16(25)18(30-19)13-9-27-22(28-10-13)34(2,3)33/h4-7,9-11H,1-3H3,(H,29,31)/t11-/m1/s1. The van der Waals surface area contributed by atoms with E-state index in [1.165, 1.54) is 43.9 Å². The van der Waals surface area contributed by atoms with E-state index in [9.17, 15) is 13.3 Å². The second-order valence-electron chi connectivity index (χ2n) is 7.89. The van der Waals surface area contributed by atoms with Crippen LogP contribution in [-0.4, -0.2) is 38.5 Å². The Morgan fingerprint density at radius 3 is 2.47 bits per heavy atom. The molecular formula is C22H17ClF2N7OP. The van der Waals surface area contributed by atoms with Crippen LogP contribution in [0.3, 0.4) is 0 Å². The van der Waals surface area contributed by atoms with Crippen LogP contribution >= 0.6 is 18.7 Å². The Morgan fingerprint density at radius 1 is 1.12 bits per heavy atom. The number of halogens is 3. The number of benzene rings is 1. The second kappa shape index (κ2) is 9.01. The minimum absolute atomic E-state index is 0.0502. The molecule has 0 amide bonds. The van der Waals surface area contributed by atoms with Crippen LogP contribution in [0.4, 0.5) is 14.5 Å². The molecule has 4 rings (SSSR count). The summed E-state index contributed by atoms with van der Waals surface area (Å²) in [5.41, 5.74) is 1.42. The molecule has 0 fully saturated rings. The van der Waals surface area contributed by atoms with Crippen molar-refractivity contribution in [3.63, 3.8) is 0 Å². The molecule has 1 N–H and O–H groups in total. The van der Waals surface area contributed by atoms with Gasteiger partial charge in [0.25, 0.3) is 0 Å². The van der Waals surface area contributed by atoms with Crippen molar-refractivity contribution in [2.45, 2.75) is 13.0 Å². The summed E-state index contributed by atoms with van der Waals surface area (Å²) in [4.78, 5) is 12.5. The summed E-state index contributed by atoms with van der Waals surface area (Å²) in [7, 11) is -2.68. The van der Waals surface area contributed by atoms with Crippen LogP contribution < -0.4 is 10.9 Å². The summed E-state index contributed by atoms with van der Waals surface area (Å²) in [5.74, 6) is -1.20. The first-order valence-electron chi connectivity index (χ1n) is 9.95. The van der Waals surface area contributed by atoms with Crippen molar-refractivity contribution in [3.8, 4) is 17.3 Å². The molecule has 0 aliphatic rings. The van der Waals surface area contributed by atoms with E-state index in [1.807, 2.05) is 6.07 Å². The van der Waals surface area contributed by atoms with Crippen LogP contribution in [0.1, 0.15) is 24.1 Å². The Bertz CT molecular complexity index is 1500. The zero-order valence-electron chi connectivity index (χ0n) is 18.2. The number of pyridine rings is 1. The van der Waals surface area contributed by atoms with E-state index in [-0.39, 0.29) is 44.3 Å². The minimum atomic E-state index is -2.68. The van der Waals surface area contributed by atoms with Gasteiger partial charge < -0.3 is 9.88 Å². The second-order valence-corrected chi connectivity index (χ2v) is 11.3. The molecule has 3 aromatic heterocycles. The van der Waals surface area contributed by atoms with Crippen molar-refractivity contribution in [1.82, 2.24) is 25.1 Å². The lowest BCUT2D eigenvalue weighted by Gasteiger charge is -2.18. The van der Waals surface area contributed by atoms with Crippen molar-refractivity contribution >= 4 is 41.0 Å². The number of hydrogen-bond acceptors (Lipinski definition) is 8. The summed E-state index contributed by atoms with van der Waals surface area (Å²) in [5, 5.41) is 19.9. The van der Waals surface area contributed by atoms with Crippen molar-refractivity contribution in [2.24, 2.45) is 0 Å². The molecule has 1 atom stereocenters. The maximum absolute atomic E-state index is 14.9. The average Bonchev–Trinajstić information content (AvgIpc) is 2.80. The molecule has 0 radical (unpaired) electrons. The maximum Gasteiger partial charge on any atom is 0.188 e. The molecule has 0 saturated carbocycles. The van der Waals surface area contributed by atoms with Crippen molar-refractivity contribution in [2.75, 3.05) is 18.6 Å². The van der Waals surface area contributed by atoms with E-state index in [1.54, 1.807) is 6.92 Å². The third-order valence-electron chi connectivity index (χ3n) is 4.99. The topological polar surface area (TPSA) is 117 Å². The molecule has 0 saturated heterocycles. The van der Waals surface area contributed by atoms with Gasteiger partial charge in [-0.3, -0.25) is 0 Å². The first kappa shape index (κ1) is 23.6. The number of fused-ring (bicyclic) bond motifs is 1. The molecule has 12 heteroatoms. The third-order valence-corrected chi connectivity index (χ3v) is 6.45. The van der Waals surface area contributed by atoms with E-state index >= 15 is 0 Å². The summed E-state index contributed by atoms with van der Waals surface area (Å²) < 4.78 is 41.5. The fourth-order valence-electron chi connectivity index (χ4n) is 3.28. The average molecular weight is 500 g/mol. The number of nitrogens with one attached hydrogen (secondary N) is 1. The third kappa shape index (κ3) is 4.58. The lowest BCUT2D eigenvalue weighted by molar-refractivity contribution is 0.587. The summed E-state index contributed by atoms with van der Waals surface area (Å²) in [6, 6.07) is 6.49. The van der Waals surface area contributed by atoms with Crippen molar-refractivity contribution in [1.29, 1.82) is 5.26 Å². The molecule has 8 nitrogen and oxygen atoms in total. The number of hydrogen-bond donors (Lipinski definition) is 1. The van der Waals surface area contributed by atoms with Gasteiger partial charge in [0.2, 0.25) is 0 Å². The largest absolute Gasteiger partial charge is 0.374 e. The maximum atomic E-state index is 14.9. The first-order valence-corrected chi connectivity index (χ1v) is 12.9. The first-order chi connectivity index (χ1) is 16.1. The summed E-state index contributed by atoms with van der Waals surface area (Å²) in [6.45, 7) is 4.74. The number of nitrogens with zero attached hydrogens (tertiary/aromatic N) is 6. The van der Waals surface area contributed by atoms with Crippen LogP contribution in [0.2, 0.25) is 5.15 Å². The summed E-state index contributed by atoms with van der Waals surface area (Å²) in [6.07, 6.45) is 2.68. The molecule has 0 aliphatic heterocycles. The van der Waals surface area contributed by atoms with Crippen molar-refractivity contribution < 1.29 is 13.3 Å². The normalized spacial score (nSPS) is 12.4. The van der Waals surface area contributed by atoms with Gasteiger partial charge in [-0.05, 0) is 38.5 Å². The number of nitriles is 1. The molecule has 1 aromatic carbocycles. The van der Waals surface area contributed by atoms with E-state index in [4.69, 9.17) is 16.9 Å². The fourth-order valence-corrected chi connectivity index (χ4v) is 4.13.